The summed E-state index contributed by atoms with van der Waals surface area (Å²) < 4.78 is 50.2. The van der Waals surface area contributed by atoms with E-state index in [4.69, 9.17) is 9.47 Å². The van der Waals surface area contributed by atoms with Crippen LogP contribution in [-0.2, 0) is 17.5 Å². The maximum atomic E-state index is 13.3. The molecule has 2 aromatic rings. The Morgan fingerprint density at radius 1 is 1.22 bits per heavy atom. The molecule has 1 aromatic heterocycles. The molecule has 2 rings (SSSR count). The van der Waals surface area contributed by atoms with Gasteiger partial charge in [0.25, 0.3) is 0 Å². The highest BCUT2D eigenvalue weighted by molar-refractivity contribution is 5.65. The zero-order chi connectivity index (χ0) is 19.9. The van der Waals surface area contributed by atoms with Gasteiger partial charge in [-0.15, -0.1) is 0 Å². The van der Waals surface area contributed by atoms with E-state index in [1.165, 1.54) is 7.11 Å². The maximum absolute atomic E-state index is 13.3. The van der Waals surface area contributed by atoms with E-state index in [1.54, 1.807) is 12.3 Å². The molecule has 0 unspecified atom stereocenters. The Morgan fingerprint density at radius 2 is 2.00 bits per heavy atom. The van der Waals surface area contributed by atoms with Crippen molar-refractivity contribution in [2.75, 3.05) is 47.5 Å². The van der Waals surface area contributed by atoms with Crippen molar-refractivity contribution in [3.8, 4) is 17.0 Å². The van der Waals surface area contributed by atoms with Crippen molar-refractivity contribution in [3.63, 3.8) is 0 Å². The highest BCUT2D eigenvalue weighted by Crippen LogP contribution is 2.36. The van der Waals surface area contributed by atoms with Crippen LogP contribution in [0.15, 0.2) is 24.4 Å². The Labute approximate surface area is 156 Å². The number of benzene rings is 1. The number of nitrogens with zero attached hydrogens (tertiary/aromatic N) is 2. The van der Waals surface area contributed by atoms with Crippen LogP contribution in [-0.4, -0.2) is 62.6 Å². The first-order valence-electron chi connectivity index (χ1n) is 8.55. The number of ether oxygens (including phenoxy) is 2. The highest BCUT2D eigenvalue weighted by Gasteiger charge is 2.32. The third kappa shape index (κ3) is 6.23. The molecule has 1 heterocycles. The monoisotopic (exact) mass is 386 g/mol. The van der Waals surface area contributed by atoms with E-state index < -0.39 is 11.7 Å². The van der Waals surface area contributed by atoms with Crippen LogP contribution in [0.4, 0.5) is 13.2 Å². The normalized spacial score (nSPS) is 12.0. The summed E-state index contributed by atoms with van der Waals surface area (Å²) in [7, 11) is 5.31. The number of hydrogen-bond donors (Lipinski definition) is 2. The third-order valence-corrected chi connectivity index (χ3v) is 3.97. The van der Waals surface area contributed by atoms with E-state index in [-0.39, 0.29) is 19.0 Å². The molecule has 0 aliphatic heterocycles. The van der Waals surface area contributed by atoms with Crippen LogP contribution in [0.3, 0.4) is 0 Å². The van der Waals surface area contributed by atoms with Gasteiger partial charge in [0.1, 0.15) is 12.4 Å². The van der Waals surface area contributed by atoms with Crippen molar-refractivity contribution in [1.29, 1.82) is 0 Å². The minimum atomic E-state index is -4.48. The highest BCUT2D eigenvalue weighted by atomic mass is 19.4. The molecule has 6 nitrogen and oxygen atoms in total. The molecular weight excluding hydrogens is 361 g/mol. The fourth-order valence-electron chi connectivity index (χ4n) is 2.58. The average molecular weight is 386 g/mol. The third-order valence-electron chi connectivity index (χ3n) is 3.97. The molecule has 150 valence electrons. The number of rotatable bonds is 10. The molecule has 0 atom stereocenters. The van der Waals surface area contributed by atoms with Crippen molar-refractivity contribution < 1.29 is 22.6 Å². The van der Waals surface area contributed by atoms with Gasteiger partial charge < -0.3 is 19.7 Å². The Kier molecular flexibility index (Phi) is 7.64. The SMILES string of the molecule is CNCCN(C)Cc1c[nH]nc1-c1cc(OCCOC)cc(C(F)(F)F)c1. The van der Waals surface area contributed by atoms with Crippen LogP contribution in [0.25, 0.3) is 11.3 Å². The molecular formula is C18H25F3N4O2. The van der Waals surface area contributed by atoms with Crippen molar-refractivity contribution >= 4 is 0 Å². The van der Waals surface area contributed by atoms with Crippen LogP contribution in [0.1, 0.15) is 11.1 Å². The lowest BCUT2D eigenvalue weighted by Crippen LogP contribution is -2.27. The van der Waals surface area contributed by atoms with E-state index in [2.05, 4.69) is 20.4 Å². The molecule has 0 bridgehead atoms. The van der Waals surface area contributed by atoms with E-state index in [9.17, 15) is 13.2 Å². The molecule has 27 heavy (non-hydrogen) atoms. The standard InChI is InChI=1S/C18H25F3N4O2/c1-22-4-5-25(2)12-14-11-23-24-17(14)13-8-15(18(19,20)21)10-16(9-13)27-7-6-26-3/h8-11,22H,4-7,12H2,1-3H3,(H,23,24). The Morgan fingerprint density at radius 3 is 2.67 bits per heavy atom. The van der Waals surface area contributed by atoms with Crippen LogP contribution in [0.5, 0.6) is 5.75 Å². The summed E-state index contributed by atoms with van der Waals surface area (Å²) in [6.45, 7) is 2.62. The van der Waals surface area contributed by atoms with Crippen LogP contribution >= 0.6 is 0 Å². The van der Waals surface area contributed by atoms with Gasteiger partial charge in [0.15, 0.2) is 0 Å². The number of aromatic nitrogens is 2. The van der Waals surface area contributed by atoms with Gasteiger partial charge in [-0.25, -0.2) is 0 Å². The first-order chi connectivity index (χ1) is 12.8. The molecule has 0 saturated heterocycles. The number of likely N-dealkylation sites (N-methyl/N-ethyl adjacent to an activating group) is 2. The maximum Gasteiger partial charge on any atom is 0.416 e. The van der Waals surface area contributed by atoms with Crippen molar-refractivity contribution in [2.24, 2.45) is 0 Å². The van der Waals surface area contributed by atoms with Gasteiger partial charge in [0.05, 0.1) is 17.9 Å². The number of methoxy groups -OCH3 is 1. The number of alkyl halides is 3. The molecule has 1 aromatic carbocycles. The summed E-state index contributed by atoms with van der Waals surface area (Å²) in [5, 5.41) is 9.98. The lowest BCUT2D eigenvalue weighted by atomic mass is 10.0. The zero-order valence-corrected chi connectivity index (χ0v) is 15.7. The predicted molar refractivity (Wildman–Crippen MR) is 96.7 cm³/mol. The fourth-order valence-corrected chi connectivity index (χ4v) is 2.58. The Balaban J connectivity index is 2.31. The van der Waals surface area contributed by atoms with Crippen LogP contribution in [0.2, 0.25) is 0 Å². The van der Waals surface area contributed by atoms with Crippen LogP contribution in [0, 0.1) is 0 Å². The smallest absolute Gasteiger partial charge is 0.416 e. The number of halogens is 3. The summed E-state index contributed by atoms with van der Waals surface area (Å²) in [6, 6.07) is 3.65. The first-order valence-corrected chi connectivity index (χ1v) is 8.55. The van der Waals surface area contributed by atoms with Crippen LogP contribution < -0.4 is 10.1 Å². The minimum Gasteiger partial charge on any atom is -0.491 e. The second-order valence-corrected chi connectivity index (χ2v) is 6.19. The summed E-state index contributed by atoms with van der Waals surface area (Å²) in [5.41, 5.74) is 0.880. The fraction of sp³-hybridized carbons (Fsp3) is 0.500. The molecule has 0 aliphatic rings. The molecule has 0 spiro atoms. The topological polar surface area (TPSA) is 62.4 Å². The molecule has 0 aliphatic carbocycles. The largest absolute Gasteiger partial charge is 0.491 e. The summed E-state index contributed by atoms with van der Waals surface area (Å²) in [6.07, 6.45) is -2.77. The van der Waals surface area contributed by atoms with Crippen molar-refractivity contribution in [3.05, 3.63) is 35.5 Å². The van der Waals surface area contributed by atoms with Crippen molar-refractivity contribution in [2.45, 2.75) is 12.7 Å². The Bertz CT molecular complexity index is 719. The van der Waals surface area contributed by atoms with Gasteiger partial charge in [-0.1, -0.05) is 0 Å². The van der Waals surface area contributed by atoms with Gasteiger partial charge in [-0.2, -0.15) is 18.3 Å². The summed E-state index contributed by atoms with van der Waals surface area (Å²) in [4.78, 5) is 2.06. The quantitative estimate of drug-likeness (QED) is 0.615. The molecule has 9 heteroatoms. The summed E-state index contributed by atoms with van der Waals surface area (Å²) >= 11 is 0. The van der Waals surface area contributed by atoms with Gasteiger partial charge in [0.2, 0.25) is 0 Å². The van der Waals surface area contributed by atoms with E-state index in [1.807, 2.05) is 14.1 Å². The molecule has 0 saturated carbocycles. The predicted octanol–water partition coefficient (Wildman–Crippen LogP) is 2.77. The first kappa shape index (κ1) is 21.2. The Hall–Kier alpha value is -2.10. The zero-order valence-electron chi connectivity index (χ0n) is 15.7. The van der Waals surface area contributed by atoms with E-state index in [0.717, 1.165) is 30.8 Å². The van der Waals surface area contributed by atoms with Gasteiger partial charge in [-0.05, 0) is 32.3 Å². The average Bonchev–Trinajstić information content (AvgIpc) is 3.07. The van der Waals surface area contributed by atoms with Gasteiger partial charge in [-0.3, -0.25) is 5.10 Å². The van der Waals surface area contributed by atoms with Gasteiger partial charge in [0, 0.05) is 44.1 Å². The second kappa shape index (κ2) is 9.72. The molecule has 0 fully saturated rings. The lowest BCUT2D eigenvalue weighted by molar-refractivity contribution is -0.137. The van der Waals surface area contributed by atoms with Gasteiger partial charge >= 0.3 is 6.18 Å². The number of aromatic amines is 1. The number of hydrogen-bond acceptors (Lipinski definition) is 5. The summed E-state index contributed by atoms with van der Waals surface area (Å²) in [5.74, 6) is 0.134. The van der Waals surface area contributed by atoms with E-state index >= 15 is 0 Å². The lowest BCUT2D eigenvalue weighted by Gasteiger charge is -2.17. The van der Waals surface area contributed by atoms with Crippen molar-refractivity contribution in [1.82, 2.24) is 20.4 Å². The molecule has 0 radical (unpaired) electrons. The number of H-pyrrole nitrogens is 1. The minimum absolute atomic E-state index is 0.134. The molecule has 0 amide bonds. The molecule has 2 N–H and O–H groups in total. The number of nitrogens with one attached hydrogen (secondary N) is 2. The second-order valence-electron chi connectivity index (χ2n) is 6.19. The van der Waals surface area contributed by atoms with E-state index in [0.29, 0.717) is 17.8 Å².